The van der Waals surface area contributed by atoms with E-state index in [2.05, 4.69) is 25.4 Å². The highest BCUT2D eigenvalue weighted by Gasteiger charge is 2.46. The van der Waals surface area contributed by atoms with Crippen molar-refractivity contribution in [3.05, 3.63) is 0 Å². The molecule has 10 heavy (non-hydrogen) atoms. The molecule has 1 aliphatic heterocycles. The molecule has 0 radical (unpaired) electrons. The molecule has 0 aromatic rings. The van der Waals surface area contributed by atoms with Crippen molar-refractivity contribution < 1.29 is 19.1 Å². The van der Waals surface area contributed by atoms with Crippen molar-refractivity contribution in [3.8, 4) is 0 Å². The van der Waals surface area contributed by atoms with Gasteiger partial charge in [0.25, 0.3) is 0 Å². The van der Waals surface area contributed by atoms with Gasteiger partial charge in [0.05, 0.1) is 5.33 Å². The van der Waals surface area contributed by atoms with Crippen molar-refractivity contribution in [2.75, 3.05) is 5.33 Å². The summed E-state index contributed by atoms with van der Waals surface area (Å²) < 4.78 is 8.69. The van der Waals surface area contributed by atoms with Gasteiger partial charge in [-0.3, -0.25) is 0 Å². The molecular formula is C5H5BrO4. The minimum absolute atomic E-state index is 0.255. The lowest BCUT2D eigenvalue weighted by atomic mass is 10.1. The van der Waals surface area contributed by atoms with Gasteiger partial charge in [-0.15, -0.1) is 0 Å². The molecule has 1 atom stereocenters. The highest BCUT2D eigenvalue weighted by atomic mass is 79.9. The molecule has 0 aliphatic carbocycles. The summed E-state index contributed by atoms with van der Waals surface area (Å²) in [6.07, 6.45) is -0.924. The van der Waals surface area contributed by atoms with E-state index in [1.54, 1.807) is 0 Å². The molecule has 5 heteroatoms. The second-order valence-corrected chi connectivity index (χ2v) is 2.67. The minimum Gasteiger partial charge on any atom is -0.415 e. The SMILES string of the molecule is CC1(CBr)OC(=O)OC1=O. The lowest BCUT2D eigenvalue weighted by molar-refractivity contribution is -0.140. The molecule has 0 spiro atoms. The number of hydrogen-bond donors (Lipinski definition) is 0. The summed E-state index contributed by atoms with van der Waals surface area (Å²) in [5.74, 6) is -0.644. The zero-order valence-electron chi connectivity index (χ0n) is 5.22. The number of carbonyl (C=O) groups is 2. The van der Waals surface area contributed by atoms with E-state index >= 15 is 0 Å². The van der Waals surface area contributed by atoms with Gasteiger partial charge in [0, 0.05) is 0 Å². The normalized spacial score (nSPS) is 31.8. The summed E-state index contributed by atoms with van der Waals surface area (Å²) in [7, 11) is 0. The molecule has 0 aromatic heterocycles. The van der Waals surface area contributed by atoms with Gasteiger partial charge in [0.2, 0.25) is 5.60 Å². The average Bonchev–Trinajstić information content (AvgIpc) is 2.09. The van der Waals surface area contributed by atoms with E-state index in [0.29, 0.717) is 0 Å². The Kier molecular flexibility index (Phi) is 1.68. The summed E-state index contributed by atoms with van der Waals surface area (Å²) in [5, 5.41) is 0.255. The molecule has 0 bridgehead atoms. The van der Waals surface area contributed by atoms with Gasteiger partial charge in [0.1, 0.15) is 0 Å². The first kappa shape index (κ1) is 7.53. The van der Waals surface area contributed by atoms with Crippen LogP contribution in [0.25, 0.3) is 0 Å². The number of hydrogen-bond acceptors (Lipinski definition) is 4. The van der Waals surface area contributed by atoms with Crippen molar-refractivity contribution in [1.82, 2.24) is 0 Å². The Morgan fingerprint density at radius 3 is 2.40 bits per heavy atom. The summed E-state index contributed by atoms with van der Waals surface area (Å²) in [6.45, 7) is 1.48. The predicted octanol–water partition coefficient (Wildman–Crippen LogP) is 0.833. The van der Waals surface area contributed by atoms with E-state index in [-0.39, 0.29) is 5.33 Å². The fraction of sp³-hybridized carbons (Fsp3) is 0.600. The zero-order valence-corrected chi connectivity index (χ0v) is 6.80. The second-order valence-electron chi connectivity index (χ2n) is 2.11. The number of alkyl halides is 1. The van der Waals surface area contributed by atoms with Gasteiger partial charge in [0.15, 0.2) is 0 Å². The van der Waals surface area contributed by atoms with Crippen LogP contribution in [0.1, 0.15) is 6.92 Å². The lowest BCUT2D eigenvalue weighted by Gasteiger charge is -2.11. The summed E-state index contributed by atoms with van der Waals surface area (Å²) in [5.41, 5.74) is -1.13. The van der Waals surface area contributed by atoms with Crippen LogP contribution in [0.15, 0.2) is 0 Å². The molecule has 1 heterocycles. The third-order valence-electron chi connectivity index (χ3n) is 1.17. The van der Waals surface area contributed by atoms with Crippen LogP contribution in [-0.4, -0.2) is 23.1 Å². The summed E-state index contributed by atoms with van der Waals surface area (Å²) in [6, 6.07) is 0. The predicted molar refractivity (Wildman–Crippen MR) is 34.8 cm³/mol. The molecule has 0 aromatic carbocycles. The van der Waals surface area contributed by atoms with Crippen molar-refractivity contribution in [3.63, 3.8) is 0 Å². The van der Waals surface area contributed by atoms with Crippen LogP contribution >= 0.6 is 15.9 Å². The molecule has 4 nitrogen and oxygen atoms in total. The fourth-order valence-corrected chi connectivity index (χ4v) is 0.855. The van der Waals surface area contributed by atoms with Crippen LogP contribution in [0.4, 0.5) is 4.79 Å². The standard InChI is InChI=1S/C5H5BrO4/c1-5(2-6)3(7)9-4(8)10-5/h2H2,1H3. The molecule has 56 valence electrons. The van der Waals surface area contributed by atoms with Crippen molar-refractivity contribution in [1.29, 1.82) is 0 Å². The summed E-state index contributed by atoms with van der Waals surface area (Å²) in [4.78, 5) is 21.1. The molecule has 0 amide bonds. The van der Waals surface area contributed by atoms with Crippen molar-refractivity contribution in [2.45, 2.75) is 12.5 Å². The Hall–Kier alpha value is -0.580. The number of rotatable bonds is 1. The maximum Gasteiger partial charge on any atom is 0.517 e. The van der Waals surface area contributed by atoms with E-state index in [4.69, 9.17) is 0 Å². The molecule has 1 rings (SSSR count). The number of esters is 1. The topological polar surface area (TPSA) is 52.6 Å². The van der Waals surface area contributed by atoms with Crippen LogP contribution in [0, 0.1) is 0 Å². The first-order valence-corrected chi connectivity index (χ1v) is 3.72. The first-order chi connectivity index (χ1) is 4.58. The first-order valence-electron chi connectivity index (χ1n) is 2.60. The van der Waals surface area contributed by atoms with E-state index < -0.39 is 17.7 Å². The Bertz CT molecular complexity index is 190. The van der Waals surface area contributed by atoms with E-state index in [0.717, 1.165) is 0 Å². The third kappa shape index (κ3) is 1.01. The molecule has 1 fully saturated rings. The fourth-order valence-electron chi connectivity index (χ4n) is 0.512. The smallest absolute Gasteiger partial charge is 0.415 e. The highest BCUT2D eigenvalue weighted by molar-refractivity contribution is 9.09. The Labute approximate surface area is 65.6 Å². The lowest BCUT2D eigenvalue weighted by Crippen LogP contribution is -2.34. The van der Waals surface area contributed by atoms with Gasteiger partial charge in [-0.1, -0.05) is 15.9 Å². The van der Waals surface area contributed by atoms with Crippen LogP contribution in [-0.2, 0) is 14.3 Å². The third-order valence-corrected chi connectivity index (χ3v) is 2.24. The monoisotopic (exact) mass is 208 g/mol. The largest absolute Gasteiger partial charge is 0.517 e. The minimum atomic E-state index is -1.13. The summed E-state index contributed by atoms with van der Waals surface area (Å²) >= 11 is 3.02. The second kappa shape index (κ2) is 2.23. The molecule has 0 saturated carbocycles. The number of ether oxygens (including phenoxy) is 2. The quantitative estimate of drug-likeness (QED) is 0.364. The number of cyclic esters (lactones) is 3. The van der Waals surface area contributed by atoms with Gasteiger partial charge in [-0.2, -0.15) is 0 Å². The van der Waals surface area contributed by atoms with E-state index in [1.165, 1.54) is 6.92 Å². The molecular weight excluding hydrogens is 204 g/mol. The van der Waals surface area contributed by atoms with Crippen LogP contribution < -0.4 is 0 Å². The molecule has 1 aliphatic rings. The van der Waals surface area contributed by atoms with Gasteiger partial charge in [-0.25, -0.2) is 9.59 Å². The van der Waals surface area contributed by atoms with Crippen LogP contribution in [0.5, 0.6) is 0 Å². The van der Waals surface area contributed by atoms with Gasteiger partial charge < -0.3 is 9.47 Å². The molecule has 1 saturated heterocycles. The van der Waals surface area contributed by atoms with Gasteiger partial charge in [-0.05, 0) is 6.92 Å². The molecule has 0 N–H and O–H groups in total. The maximum atomic E-state index is 10.7. The molecule has 1 unspecified atom stereocenters. The Morgan fingerprint density at radius 1 is 1.60 bits per heavy atom. The Morgan fingerprint density at radius 2 is 2.20 bits per heavy atom. The van der Waals surface area contributed by atoms with Crippen molar-refractivity contribution in [2.24, 2.45) is 0 Å². The number of halogens is 1. The van der Waals surface area contributed by atoms with E-state index in [9.17, 15) is 9.59 Å². The maximum absolute atomic E-state index is 10.7. The van der Waals surface area contributed by atoms with Crippen LogP contribution in [0.3, 0.4) is 0 Å². The zero-order chi connectivity index (χ0) is 7.78. The van der Waals surface area contributed by atoms with Crippen LogP contribution in [0.2, 0.25) is 0 Å². The highest BCUT2D eigenvalue weighted by Crippen LogP contribution is 2.22. The average molecular weight is 209 g/mol. The number of carbonyl (C=O) groups excluding carboxylic acids is 2. The van der Waals surface area contributed by atoms with Crippen molar-refractivity contribution >= 4 is 28.1 Å². The van der Waals surface area contributed by atoms with E-state index in [1.807, 2.05) is 0 Å². The van der Waals surface area contributed by atoms with Gasteiger partial charge >= 0.3 is 12.1 Å². The Balaban J connectivity index is 2.80.